The summed E-state index contributed by atoms with van der Waals surface area (Å²) < 4.78 is 27.5. The molecule has 10 heteroatoms. The van der Waals surface area contributed by atoms with E-state index in [0.29, 0.717) is 29.9 Å². The zero-order valence-corrected chi connectivity index (χ0v) is 18.5. The van der Waals surface area contributed by atoms with Gasteiger partial charge in [0, 0.05) is 37.0 Å². The molecule has 0 radical (unpaired) electrons. The third kappa shape index (κ3) is 3.80. The van der Waals surface area contributed by atoms with Crippen LogP contribution in [0.1, 0.15) is 15.9 Å². The van der Waals surface area contributed by atoms with E-state index in [1.165, 1.54) is 48.3 Å². The van der Waals surface area contributed by atoms with Gasteiger partial charge >= 0.3 is 0 Å². The van der Waals surface area contributed by atoms with Crippen LogP contribution in [-0.4, -0.2) is 32.8 Å². The first kappa shape index (κ1) is 21.8. The number of non-ortho nitro benzene ring substituents is 1. The minimum absolute atomic E-state index is 0.00165. The molecule has 0 spiro atoms. The van der Waals surface area contributed by atoms with Gasteiger partial charge in [0.15, 0.2) is 0 Å². The van der Waals surface area contributed by atoms with Crippen LogP contribution in [0.2, 0.25) is 5.02 Å². The van der Waals surface area contributed by atoms with Crippen LogP contribution in [0.4, 0.5) is 17.1 Å². The number of anilines is 2. The van der Waals surface area contributed by atoms with Crippen molar-refractivity contribution in [3.63, 3.8) is 0 Å². The largest absolute Gasteiger partial charge is 0.308 e. The topological polar surface area (TPSA) is 101 Å². The first-order valence-electron chi connectivity index (χ1n) is 9.63. The number of hydrogen-bond donors (Lipinski definition) is 0. The maximum Gasteiger partial charge on any atom is 0.269 e. The number of para-hydroxylation sites is 1. The lowest BCUT2D eigenvalue weighted by Gasteiger charge is -2.21. The predicted molar refractivity (Wildman–Crippen MR) is 122 cm³/mol. The highest BCUT2D eigenvalue weighted by Crippen LogP contribution is 2.34. The average molecular weight is 472 g/mol. The third-order valence-electron chi connectivity index (χ3n) is 5.35. The predicted octanol–water partition coefficient (Wildman–Crippen LogP) is 4.28. The molecule has 1 aliphatic heterocycles. The van der Waals surface area contributed by atoms with Crippen molar-refractivity contribution < 1.29 is 18.1 Å². The Balaban J connectivity index is 1.68. The lowest BCUT2D eigenvalue weighted by molar-refractivity contribution is -0.384. The van der Waals surface area contributed by atoms with Gasteiger partial charge in [-0.05, 0) is 48.4 Å². The molecule has 1 aliphatic rings. The summed E-state index contributed by atoms with van der Waals surface area (Å²) >= 11 is 6.21. The van der Waals surface area contributed by atoms with Gasteiger partial charge in [-0.15, -0.1) is 0 Å². The summed E-state index contributed by atoms with van der Waals surface area (Å²) in [5, 5.41) is 11.0. The molecule has 1 heterocycles. The first-order chi connectivity index (χ1) is 15.2. The fourth-order valence-electron chi connectivity index (χ4n) is 3.63. The molecule has 0 atom stereocenters. The number of rotatable bonds is 5. The highest BCUT2D eigenvalue weighted by molar-refractivity contribution is 7.93. The number of nitrogens with zero attached hydrogens (tertiary/aromatic N) is 3. The van der Waals surface area contributed by atoms with Crippen LogP contribution in [0.25, 0.3) is 0 Å². The summed E-state index contributed by atoms with van der Waals surface area (Å²) in [7, 11) is -2.61. The SMILES string of the molecule is CN(c1ccccc1)S(=O)(=O)c1cc(C(=O)N2CCc3cc([N+](=O)[O-])ccc32)ccc1Cl. The molecule has 3 aromatic carbocycles. The van der Waals surface area contributed by atoms with E-state index in [1.807, 2.05) is 0 Å². The third-order valence-corrected chi connectivity index (χ3v) is 7.62. The second kappa shape index (κ2) is 8.25. The Morgan fingerprint density at radius 1 is 1.09 bits per heavy atom. The van der Waals surface area contributed by atoms with Crippen LogP contribution < -0.4 is 9.21 Å². The molecule has 0 N–H and O–H groups in total. The Hall–Kier alpha value is -3.43. The van der Waals surface area contributed by atoms with Crippen LogP contribution in [0.3, 0.4) is 0 Å². The Morgan fingerprint density at radius 3 is 2.50 bits per heavy atom. The second-order valence-electron chi connectivity index (χ2n) is 7.23. The molecule has 0 aromatic heterocycles. The number of hydrogen-bond acceptors (Lipinski definition) is 5. The monoisotopic (exact) mass is 471 g/mol. The van der Waals surface area contributed by atoms with E-state index in [0.717, 1.165) is 4.31 Å². The van der Waals surface area contributed by atoms with Gasteiger partial charge in [0.2, 0.25) is 0 Å². The number of nitro benzene ring substituents is 1. The fourth-order valence-corrected chi connectivity index (χ4v) is 5.32. The van der Waals surface area contributed by atoms with E-state index < -0.39 is 20.9 Å². The number of halogens is 1. The maximum atomic E-state index is 13.2. The average Bonchev–Trinajstić information content (AvgIpc) is 3.22. The Bertz CT molecular complexity index is 1330. The maximum absolute atomic E-state index is 13.2. The molecular formula is C22H18ClN3O5S. The van der Waals surface area contributed by atoms with Crippen LogP contribution in [0.15, 0.2) is 71.6 Å². The van der Waals surface area contributed by atoms with E-state index in [9.17, 15) is 23.3 Å². The zero-order chi connectivity index (χ0) is 23.0. The number of amides is 1. The fraction of sp³-hybridized carbons (Fsp3) is 0.136. The number of carbonyl (C=O) groups is 1. The van der Waals surface area contributed by atoms with Crippen LogP contribution >= 0.6 is 11.6 Å². The summed E-state index contributed by atoms with van der Waals surface area (Å²) in [6.07, 6.45) is 0.470. The number of carbonyl (C=O) groups excluding carboxylic acids is 1. The van der Waals surface area contributed by atoms with Crippen molar-refractivity contribution in [2.45, 2.75) is 11.3 Å². The van der Waals surface area contributed by atoms with Crippen molar-refractivity contribution in [1.82, 2.24) is 0 Å². The molecule has 0 aliphatic carbocycles. The minimum atomic E-state index is -4.02. The number of sulfonamides is 1. The number of benzene rings is 3. The number of nitro groups is 1. The van der Waals surface area contributed by atoms with Crippen LogP contribution in [-0.2, 0) is 16.4 Å². The Morgan fingerprint density at radius 2 is 1.81 bits per heavy atom. The standard InChI is InChI=1S/C22H18ClN3O5S/c1-24(17-5-3-2-4-6-17)32(30,31)21-14-16(7-9-19(21)23)22(27)25-12-11-15-13-18(26(28)29)8-10-20(15)25/h2-10,13-14H,11-12H2,1H3. The van der Waals surface area contributed by atoms with Gasteiger partial charge in [0.1, 0.15) is 4.90 Å². The van der Waals surface area contributed by atoms with Crippen molar-refractivity contribution >= 4 is 44.6 Å². The summed E-state index contributed by atoms with van der Waals surface area (Å²) in [6, 6.07) is 17.0. The second-order valence-corrected chi connectivity index (χ2v) is 9.58. The minimum Gasteiger partial charge on any atom is -0.308 e. The lowest BCUT2D eigenvalue weighted by atomic mass is 10.1. The molecular weight excluding hydrogens is 454 g/mol. The van der Waals surface area contributed by atoms with Gasteiger partial charge < -0.3 is 4.90 Å². The molecule has 32 heavy (non-hydrogen) atoms. The van der Waals surface area contributed by atoms with Gasteiger partial charge in [0.25, 0.3) is 21.6 Å². The van der Waals surface area contributed by atoms with E-state index in [4.69, 9.17) is 11.6 Å². The molecule has 0 fully saturated rings. The molecule has 0 saturated heterocycles. The van der Waals surface area contributed by atoms with Crippen LogP contribution in [0, 0.1) is 10.1 Å². The number of fused-ring (bicyclic) bond motifs is 1. The summed E-state index contributed by atoms with van der Waals surface area (Å²) in [5.41, 5.74) is 1.83. The van der Waals surface area contributed by atoms with Crippen LogP contribution in [0.5, 0.6) is 0 Å². The normalized spacial score (nSPS) is 13.0. The van der Waals surface area contributed by atoms with E-state index in [-0.39, 0.29) is 21.2 Å². The molecule has 0 saturated carbocycles. The first-order valence-corrected chi connectivity index (χ1v) is 11.4. The van der Waals surface area contributed by atoms with Gasteiger partial charge in [0.05, 0.1) is 15.6 Å². The molecule has 8 nitrogen and oxygen atoms in total. The van der Waals surface area contributed by atoms with Crippen molar-refractivity contribution in [3.8, 4) is 0 Å². The summed E-state index contributed by atoms with van der Waals surface area (Å²) in [4.78, 5) is 25.0. The van der Waals surface area contributed by atoms with E-state index >= 15 is 0 Å². The molecule has 164 valence electrons. The highest BCUT2D eigenvalue weighted by Gasteiger charge is 2.30. The molecule has 0 bridgehead atoms. The Kier molecular flexibility index (Phi) is 5.62. The summed E-state index contributed by atoms with van der Waals surface area (Å²) in [5.74, 6) is -0.409. The van der Waals surface area contributed by atoms with Gasteiger partial charge in [-0.3, -0.25) is 19.2 Å². The molecule has 3 aromatic rings. The highest BCUT2D eigenvalue weighted by atomic mass is 35.5. The van der Waals surface area contributed by atoms with Crippen molar-refractivity contribution in [2.24, 2.45) is 0 Å². The smallest absolute Gasteiger partial charge is 0.269 e. The van der Waals surface area contributed by atoms with Gasteiger partial charge in [-0.25, -0.2) is 8.42 Å². The lowest BCUT2D eigenvalue weighted by Crippen LogP contribution is -2.30. The van der Waals surface area contributed by atoms with E-state index in [1.54, 1.807) is 30.3 Å². The summed E-state index contributed by atoms with van der Waals surface area (Å²) in [6.45, 7) is 0.337. The van der Waals surface area contributed by atoms with Crippen molar-refractivity contribution in [2.75, 3.05) is 22.8 Å². The molecule has 4 rings (SSSR count). The van der Waals surface area contributed by atoms with Crippen molar-refractivity contribution in [3.05, 3.63) is 93.0 Å². The van der Waals surface area contributed by atoms with Crippen molar-refractivity contribution in [1.29, 1.82) is 0 Å². The van der Waals surface area contributed by atoms with E-state index in [2.05, 4.69) is 0 Å². The quantitative estimate of drug-likeness (QED) is 0.408. The zero-order valence-electron chi connectivity index (χ0n) is 16.9. The van der Waals surface area contributed by atoms with Gasteiger partial charge in [-0.1, -0.05) is 29.8 Å². The van der Waals surface area contributed by atoms with Gasteiger partial charge in [-0.2, -0.15) is 0 Å². The molecule has 0 unspecified atom stereocenters. The Labute approximate surface area is 189 Å². The molecule has 1 amide bonds.